The average Bonchev–Trinajstić information content (AvgIpc) is 2.42. The predicted octanol–water partition coefficient (Wildman–Crippen LogP) is 3.46. The number of oxime groups is 1. The van der Waals surface area contributed by atoms with Crippen LogP contribution in [0.4, 0.5) is 0 Å². The summed E-state index contributed by atoms with van der Waals surface area (Å²) in [6, 6.07) is 16.4. The Morgan fingerprint density at radius 1 is 1.11 bits per heavy atom. The molecule has 0 amide bonds. The van der Waals surface area contributed by atoms with E-state index in [0.29, 0.717) is 5.02 Å². The van der Waals surface area contributed by atoms with Crippen LogP contribution >= 0.6 is 11.6 Å². The van der Waals surface area contributed by atoms with E-state index in [0.717, 1.165) is 11.1 Å². The van der Waals surface area contributed by atoms with Gasteiger partial charge in [0.15, 0.2) is 0 Å². The first-order valence-electron chi connectivity index (χ1n) is 5.77. The average molecular weight is 274 g/mol. The van der Waals surface area contributed by atoms with Gasteiger partial charge in [-0.05, 0) is 23.3 Å². The highest BCUT2D eigenvalue weighted by Crippen LogP contribution is 2.08. The van der Waals surface area contributed by atoms with Gasteiger partial charge in [0.2, 0.25) is 0 Å². The standard InChI is InChI=1S/C15H12ClNO2/c16-14-8-6-13(7-9-14)11-17-19-15(18)10-12-4-2-1-3-5-12/h1-9,11H,10H2. The first-order valence-corrected chi connectivity index (χ1v) is 6.14. The Balaban J connectivity index is 1.85. The molecule has 0 atom stereocenters. The number of hydrogen-bond donors (Lipinski definition) is 0. The van der Waals surface area contributed by atoms with Crippen LogP contribution in [0.1, 0.15) is 11.1 Å². The number of halogens is 1. The van der Waals surface area contributed by atoms with E-state index in [1.165, 1.54) is 6.21 Å². The van der Waals surface area contributed by atoms with Gasteiger partial charge < -0.3 is 4.84 Å². The first kappa shape index (κ1) is 13.3. The Morgan fingerprint density at radius 3 is 2.47 bits per heavy atom. The zero-order chi connectivity index (χ0) is 13.5. The molecule has 3 nitrogen and oxygen atoms in total. The minimum atomic E-state index is -0.392. The van der Waals surface area contributed by atoms with Crippen LogP contribution in [-0.2, 0) is 16.1 Å². The monoisotopic (exact) mass is 273 g/mol. The van der Waals surface area contributed by atoms with Crippen molar-refractivity contribution in [1.82, 2.24) is 0 Å². The van der Waals surface area contributed by atoms with Gasteiger partial charge >= 0.3 is 5.97 Å². The van der Waals surface area contributed by atoms with Crippen LogP contribution in [-0.4, -0.2) is 12.2 Å². The summed E-state index contributed by atoms with van der Waals surface area (Å²) in [7, 11) is 0. The SMILES string of the molecule is O=C(Cc1ccccc1)ON=Cc1ccc(Cl)cc1. The molecule has 0 aliphatic rings. The van der Waals surface area contributed by atoms with Gasteiger partial charge in [-0.1, -0.05) is 59.2 Å². The van der Waals surface area contributed by atoms with Gasteiger partial charge in [0.25, 0.3) is 0 Å². The minimum absolute atomic E-state index is 0.207. The number of carbonyl (C=O) groups excluding carboxylic acids is 1. The molecule has 4 heteroatoms. The lowest BCUT2D eigenvalue weighted by Gasteiger charge is -1.98. The second-order valence-electron chi connectivity index (χ2n) is 3.91. The summed E-state index contributed by atoms with van der Waals surface area (Å²) in [5, 5.41) is 4.30. The summed E-state index contributed by atoms with van der Waals surface area (Å²) >= 11 is 5.76. The fourth-order valence-electron chi connectivity index (χ4n) is 1.49. The van der Waals surface area contributed by atoms with Crippen LogP contribution in [0.15, 0.2) is 59.8 Å². The van der Waals surface area contributed by atoms with E-state index in [4.69, 9.17) is 16.4 Å². The fourth-order valence-corrected chi connectivity index (χ4v) is 1.62. The van der Waals surface area contributed by atoms with Crippen LogP contribution in [0, 0.1) is 0 Å². The lowest BCUT2D eigenvalue weighted by atomic mass is 10.2. The third-order valence-corrected chi connectivity index (χ3v) is 2.67. The molecule has 0 aliphatic carbocycles. The van der Waals surface area contributed by atoms with E-state index < -0.39 is 5.97 Å². The highest BCUT2D eigenvalue weighted by atomic mass is 35.5. The van der Waals surface area contributed by atoms with E-state index in [1.807, 2.05) is 30.3 Å². The van der Waals surface area contributed by atoms with Gasteiger partial charge in [0, 0.05) is 5.02 Å². The Hall–Kier alpha value is -2.13. The summed E-state index contributed by atoms with van der Waals surface area (Å²) in [5.74, 6) is -0.392. The molecule has 2 aromatic carbocycles. The molecule has 0 unspecified atom stereocenters. The van der Waals surface area contributed by atoms with Gasteiger partial charge in [0.1, 0.15) is 0 Å². The zero-order valence-electron chi connectivity index (χ0n) is 10.1. The fraction of sp³-hybridized carbons (Fsp3) is 0.0667. The van der Waals surface area contributed by atoms with Crippen molar-refractivity contribution in [3.63, 3.8) is 0 Å². The highest BCUT2D eigenvalue weighted by molar-refractivity contribution is 6.30. The van der Waals surface area contributed by atoms with Crippen LogP contribution in [0.3, 0.4) is 0 Å². The number of nitrogens with zero attached hydrogens (tertiary/aromatic N) is 1. The van der Waals surface area contributed by atoms with Crippen molar-refractivity contribution in [3.8, 4) is 0 Å². The number of benzene rings is 2. The van der Waals surface area contributed by atoms with Crippen molar-refractivity contribution in [2.24, 2.45) is 5.16 Å². The molecular weight excluding hydrogens is 262 g/mol. The number of carbonyl (C=O) groups is 1. The highest BCUT2D eigenvalue weighted by Gasteiger charge is 2.03. The Kier molecular flexibility index (Phi) is 4.70. The molecule has 0 spiro atoms. The number of rotatable bonds is 4. The second kappa shape index (κ2) is 6.71. The van der Waals surface area contributed by atoms with Gasteiger partial charge in [0.05, 0.1) is 12.6 Å². The van der Waals surface area contributed by atoms with Crippen molar-refractivity contribution in [1.29, 1.82) is 0 Å². The summed E-state index contributed by atoms with van der Waals surface area (Å²) in [6.07, 6.45) is 1.68. The summed E-state index contributed by atoms with van der Waals surface area (Å²) in [4.78, 5) is 16.3. The van der Waals surface area contributed by atoms with Crippen molar-refractivity contribution in [3.05, 3.63) is 70.7 Å². The maximum Gasteiger partial charge on any atom is 0.339 e. The molecule has 0 aliphatic heterocycles. The smallest absolute Gasteiger partial charge is 0.318 e. The van der Waals surface area contributed by atoms with Crippen molar-refractivity contribution < 1.29 is 9.63 Å². The van der Waals surface area contributed by atoms with Crippen molar-refractivity contribution >= 4 is 23.8 Å². The Labute approximate surface area is 116 Å². The minimum Gasteiger partial charge on any atom is -0.318 e. The van der Waals surface area contributed by atoms with E-state index >= 15 is 0 Å². The molecule has 19 heavy (non-hydrogen) atoms. The van der Waals surface area contributed by atoms with Crippen LogP contribution in [0.2, 0.25) is 5.02 Å². The maximum atomic E-state index is 11.5. The molecule has 2 rings (SSSR count). The molecule has 0 heterocycles. The normalized spacial score (nSPS) is 10.6. The van der Waals surface area contributed by atoms with E-state index in [1.54, 1.807) is 24.3 Å². The molecule has 0 saturated carbocycles. The lowest BCUT2D eigenvalue weighted by molar-refractivity contribution is -0.142. The Morgan fingerprint density at radius 2 is 1.79 bits per heavy atom. The zero-order valence-corrected chi connectivity index (χ0v) is 10.9. The van der Waals surface area contributed by atoms with Gasteiger partial charge in [-0.3, -0.25) is 0 Å². The van der Waals surface area contributed by atoms with Gasteiger partial charge in [-0.15, -0.1) is 0 Å². The van der Waals surface area contributed by atoms with Gasteiger partial charge in [-0.25, -0.2) is 4.79 Å². The van der Waals surface area contributed by atoms with Crippen LogP contribution < -0.4 is 0 Å². The quantitative estimate of drug-likeness (QED) is 0.486. The predicted molar refractivity (Wildman–Crippen MR) is 75.3 cm³/mol. The largest absolute Gasteiger partial charge is 0.339 e. The molecule has 0 aromatic heterocycles. The number of hydrogen-bond acceptors (Lipinski definition) is 3. The van der Waals surface area contributed by atoms with E-state index in [-0.39, 0.29) is 6.42 Å². The topological polar surface area (TPSA) is 38.7 Å². The molecule has 0 bridgehead atoms. The van der Waals surface area contributed by atoms with Crippen LogP contribution in [0.25, 0.3) is 0 Å². The van der Waals surface area contributed by atoms with E-state index in [9.17, 15) is 4.79 Å². The van der Waals surface area contributed by atoms with Crippen molar-refractivity contribution in [2.45, 2.75) is 6.42 Å². The molecule has 2 aromatic rings. The van der Waals surface area contributed by atoms with Crippen LogP contribution in [0.5, 0.6) is 0 Å². The molecule has 0 N–H and O–H groups in total. The third-order valence-electron chi connectivity index (χ3n) is 2.42. The maximum absolute atomic E-state index is 11.5. The van der Waals surface area contributed by atoms with E-state index in [2.05, 4.69) is 5.16 Å². The molecular formula is C15H12ClNO2. The summed E-state index contributed by atoms with van der Waals surface area (Å²) in [6.45, 7) is 0. The Bertz CT molecular complexity index is 564. The summed E-state index contributed by atoms with van der Waals surface area (Å²) in [5.41, 5.74) is 1.71. The second-order valence-corrected chi connectivity index (χ2v) is 4.35. The summed E-state index contributed by atoms with van der Waals surface area (Å²) < 4.78 is 0. The van der Waals surface area contributed by atoms with Gasteiger partial charge in [-0.2, -0.15) is 0 Å². The molecule has 0 fully saturated rings. The lowest BCUT2D eigenvalue weighted by Crippen LogP contribution is -2.04. The van der Waals surface area contributed by atoms with Crippen molar-refractivity contribution in [2.75, 3.05) is 0 Å². The third kappa shape index (κ3) is 4.56. The molecule has 96 valence electrons. The first-order chi connectivity index (χ1) is 9.24. The molecule has 0 radical (unpaired) electrons. The molecule has 0 saturated heterocycles.